The van der Waals surface area contributed by atoms with Crippen molar-refractivity contribution >= 4 is 11.9 Å². The number of rotatable bonds is 6. The summed E-state index contributed by atoms with van der Waals surface area (Å²) in [5.41, 5.74) is -0.343. The molecule has 1 heterocycles. The van der Waals surface area contributed by atoms with E-state index in [-0.39, 0.29) is 11.3 Å². The largest absolute Gasteiger partial charge is 0.354 e. The molecule has 1 atom stereocenters. The van der Waals surface area contributed by atoms with E-state index in [0.717, 1.165) is 19.0 Å². The van der Waals surface area contributed by atoms with Gasteiger partial charge in [-0.2, -0.15) is 0 Å². The summed E-state index contributed by atoms with van der Waals surface area (Å²) in [6.45, 7) is 12.6. The number of nitrogens with one attached hydrogen (secondary N) is 2. The fourth-order valence-corrected chi connectivity index (χ4v) is 2.92. The number of likely N-dealkylation sites (tertiary alicyclic amines) is 1. The number of hydrogen-bond donors (Lipinski definition) is 2. The Bertz CT molecular complexity index is 402. The molecule has 1 saturated heterocycles. The van der Waals surface area contributed by atoms with E-state index in [1.807, 2.05) is 20.8 Å². The van der Waals surface area contributed by atoms with Crippen LogP contribution in [-0.2, 0) is 4.79 Å². The van der Waals surface area contributed by atoms with Crippen LogP contribution in [0.4, 0.5) is 0 Å². The summed E-state index contributed by atoms with van der Waals surface area (Å²) in [4.78, 5) is 20.9. The first-order chi connectivity index (χ1) is 10.8. The molecule has 1 aliphatic rings. The maximum atomic E-state index is 11.8. The van der Waals surface area contributed by atoms with Gasteiger partial charge in [-0.3, -0.25) is 14.7 Å². The molecule has 1 amide bonds. The third-order valence-corrected chi connectivity index (χ3v) is 4.34. The Labute approximate surface area is 141 Å². The molecule has 0 saturated carbocycles. The van der Waals surface area contributed by atoms with Crippen LogP contribution in [0.2, 0.25) is 0 Å². The Balaban J connectivity index is 2.35. The first-order valence-electron chi connectivity index (χ1n) is 8.73. The second-order valence-electron chi connectivity index (χ2n) is 7.29. The van der Waals surface area contributed by atoms with Gasteiger partial charge in [-0.25, -0.2) is 0 Å². The zero-order valence-corrected chi connectivity index (χ0v) is 15.8. The lowest BCUT2D eigenvalue weighted by atomic mass is 9.96. The highest BCUT2D eigenvalue weighted by atomic mass is 16.2. The van der Waals surface area contributed by atoms with Gasteiger partial charge in [0.15, 0.2) is 5.96 Å². The highest BCUT2D eigenvalue weighted by Crippen LogP contribution is 2.17. The quantitative estimate of drug-likeness (QED) is 0.437. The van der Waals surface area contributed by atoms with E-state index in [9.17, 15) is 4.79 Å². The summed E-state index contributed by atoms with van der Waals surface area (Å²) < 4.78 is 0. The Kier molecular flexibility index (Phi) is 7.82. The van der Waals surface area contributed by atoms with Crippen molar-refractivity contribution in [3.63, 3.8) is 0 Å². The highest BCUT2D eigenvalue weighted by molar-refractivity contribution is 5.81. The third-order valence-electron chi connectivity index (χ3n) is 4.34. The average Bonchev–Trinajstić information content (AvgIpc) is 2.93. The molecular weight excluding hydrogens is 290 g/mol. The van der Waals surface area contributed by atoms with Crippen molar-refractivity contribution in [2.45, 2.75) is 46.6 Å². The van der Waals surface area contributed by atoms with E-state index in [1.165, 1.54) is 19.4 Å². The van der Waals surface area contributed by atoms with E-state index >= 15 is 0 Å². The van der Waals surface area contributed by atoms with Crippen LogP contribution in [-0.4, -0.2) is 74.5 Å². The summed E-state index contributed by atoms with van der Waals surface area (Å²) >= 11 is 0. The van der Waals surface area contributed by atoms with Crippen molar-refractivity contribution < 1.29 is 4.79 Å². The van der Waals surface area contributed by atoms with E-state index in [1.54, 1.807) is 7.05 Å². The smallest absolute Gasteiger partial charge is 0.225 e. The van der Waals surface area contributed by atoms with Gasteiger partial charge in [0.05, 0.1) is 0 Å². The number of carbonyl (C=O) groups is 1. The lowest BCUT2D eigenvalue weighted by Gasteiger charge is -2.29. The maximum absolute atomic E-state index is 11.8. The molecule has 0 aromatic heterocycles. The third kappa shape index (κ3) is 6.37. The van der Waals surface area contributed by atoms with Crippen LogP contribution in [0.3, 0.4) is 0 Å². The monoisotopic (exact) mass is 325 g/mol. The van der Waals surface area contributed by atoms with Gasteiger partial charge in [0.2, 0.25) is 5.91 Å². The lowest BCUT2D eigenvalue weighted by Crippen LogP contribution is -2.47. The molecule has 0 aliphatic carbocycles. The summed E-state index contributed by atoms with van der Waals surface area (Å²) in [5.74, 6) is 0.963. The summed E-state index contributed by atoms with van der Waals surface area (Å²) in [5, 5.41) is 6.27. The number of guanidine groups is 1. The van der Waals surface area contributed by atoms with E-state index in [4.69, 9.17) is 0 Å². The molecule has 0 aromatic rings. The zero-order chi connectivity index (χ0) is 17.5. The zero-order valence-electron chi connectivity index (χ0n) is 15.8. The number of carbonyl (C=O) groups excluding carboxylic acids is 1. The number of hydrogen-bond acceptors (Lipinski definition) is 3. The van der Waals surface area contributed by atoms with E-state index in [0.29, 0.717) is 19.1 Å². The van der Waals surface area contributed by atoms with Crippen molar-refractivity contribution in [1.29, 1.82) is 0 Å². The van der Waals surface area contributed by atoms with Crippen LogP contribution < -0.4 is 10.6 Å². The molecular formula is C17H35N5O. The summed E-state index contributed by atoms with van der Waals surface area (Å²) in [7, 11) is 3.88. The SMILES string of the molecule is CCN1CCCC1CN(C)C(=NC)NCCNC(=O)C(C)(C)C. The maximum Gasteiger partial charge on any atom is 0.225 e. The van der Waals surface area contributed by atoms with Gasteiger partial charge in [-0.05, 0) is 25.9 Å². The Hall–Kier alpha value is -1.30. The van der Waals surface area contributed by atoms with Crippen molar-refractivity contribution in [3.8, 4) is 0 Å². The first kappa shape index (κ1) is 19.7. The number of aliphatic imine (C=N–C) groups is 1. The summed E-state index contributed by atoms with van der Waals surface area (Å²) in [6.07, 6.45) is 2.55. The van der Waals surface area contributed by atoms with E-state index < -0.39 is 0 Å². The molecule has 0 aromatic carbocycles. The minimum atomic E-state index is -0.343. The van der Waals surface area contributed by atoms with Crippen molar-refractivity contribution in [1.82, 2.24) is 20.4 Å². The van der Waals surface area contributed by atoms with Gasteiger partial charge in [0, 0.05) is 45.2 Å². The topological polar surface area (TPSA) is 60.0 Å². The van der Waals surface area contributed by atoms with Crippen LogP contribution in [0.5, 0.6) is 0 Å². The average molecular weight is 326 g/mol. The molecule has 6 nitrogen and oxygen atoms in total. The highest BCUT2D eigenvalue weighted by Gasteiger charge is 2.25. The Morgan fingerprint density at radius 3 is 2.52 bits per heavy atom. The van der Waals surface area contributed by atoms with Crippen LogP contribution in [0, 0.1) is 5.41 Å². The van der Waals surface area contributed by atoms with Crippen LogP contribution in [0.25, 0.3) is 0 Å². The second-order valence-corrected chi connectivity index (χ2v) is 7.29. The predicted molar refractivity (Wildman–Crippen MR) is 96.7 cm³/mol. The van der Waals surface area contributed by atoms with Crippen molar-refractivity contribution in [2.75, 3.05) is 46.8 Å². The molecule has 1 fully saturated rings. The van der Waals surface area contributed by atoms with Gasteiger partial charge in [0.1, 0.15) is 0 Å². The minimum Gasteiger partial charge on any atom is -0.354 e. The van der Waals surface area contributed by atoms with Gasteiger partial charge in [0.25, 0.3) is 0 Å². The molecule has 1 aliphatic heterocycles. The molecule has 1 rings (SSSR count). The number of nitrogens with zero attached hydrogens (tertiary/aromatic N) is 3. The molecule has 6 heteroatoms. The molecule has 23 heavy (non-hydrogen) atoms. The van der Waals surface area contributed by atoms with Crippen molar-refractivity contribution in [2.24, 2.45) is 10.4 Å². The van der Waals surface area contributed by atoms with E-state index in [2.05, 4.69) is 39.4 Å². The second kappa shape index (κ2) is 9.11. The molecule has 0 radical (unpaired) electrons. The first-order valence-corrected chi connectivity index (χ1v) is 8.73. The molecule has 1 unspecified atom stereocenters. The Morgan fingerprint density at radius 2 is 1.96 bits per heavy atom. The van der Waals surface area contributed by atoms with Crippen molar-refractivity contribution in [3.05, 3.63) is 0 Å². The van der Waals surface area contributed by atoms with Crippen LogP contribution in [0.15, 0.2) is 4.99 Å². The fourth-order valence-electron chi connectivity index (χ4n) is 2.92. The van der Waals surface area contributed by atoms with Gasteiger partial charge in [-0.1, -0.05) is 27.7 Å². The van der Waals surface area contributed by atoms with Gasteiger partial charge in [-0.15, -0.1) is 0 Å². The standard InChI is InChI=1S/C17H35N5O/c1-7-22-12-8-9-14(22)13-21(6)16(18-5)20-11-10-19-15(23)17(2,3)4/h14H,7-13H2,1-6H3,(H,18,20)(H,19,23). The minimum absolute atomic E-state index is 0.0761. The predicted octanol–water partition coefficient (Wildman–Crippen LogP) is 1.14. The lowest BCUT2D eigenvalue weighted by molar-refractivity contribution is -0.128. The fraction of sp³-hybridized carbons (Fsp3) is 0.882. The molecule has 0 spiro atoms. The number of likely N-dealkylation sites (N-methyl/N-ethyl adjacent to an activating group) is 2. The summed E-state index contributed by atoms with van der Waals surface area (Å²) in [6, 6.07) is 0.615. The molecule has 0 bridgehead atoms. The van der Waals surface area contributed by atoms with Crippen LogP contribution in [0.1, 0.15) is 40.5 Å². The molecule has 134 valence electrons. The molecule has 2 N–H and O–H groups in total. The normalized spacial score (nSPS) is 19.7. The Morgan fingerprint density at radius 1 is 1.30 bits per heavy atom. The number of amides is 1. The van der Waals surface area contributed by atoms with Gasteiger partial charge >= 0.3 is 0 Å². The van der Waals surface area contributed by atoms with Crippen LogP contribution >= 0.6 is 0 Å². The van der Waals surface area contributed by atoms with Gasteiger partial charge < -0.3 is 15.5 Å².